The zero-order chi connectivity index (χ0) is 11.4. The van der Waals surface area contributed by atoms with E-state index in [-0.39, 0.29) is 17.4 Å². The molecule has 1 atom stereocenters. The van der Waals surface area contributed by atoms with E-state index in [0.29, 0.717) is 13.2 Å². The van der Waals surface area contributed by atoms with Crippen LogP contribution >= 0.6 is 0 Å². The molecule has 1 aliphatic heterocycles. The van der Waals surface area contributed by atoms with Crippen LogP contribution < -0.4 is 11.1 Å². The minimum Gasteiger partial charge on any atom is -0.381 e. The fourth-order valence-electron chi connectivity index (χ4n) is 2.74. The molecule has 2 fully saturated rings. The van der Waals surface area contributed by atoms with Gasteiger partial charge in [-0.15, -0.1) is 0 Å². The van der Waals surface area contributed by atoms with Crippen LogP contribution in [0.25, 0.3) is 0 Å². The molecule has 2 rings (SSSR count). The molecule has 1 saturated heterocycles. The van der Waals surface area contributed by atoms with Gasteiger partial charge in [0.2, 0.25) is 5.91 Å². The molecule has 1 aliphatic carbocycles. The SMILES string of the molecule is NCC1(NC(=O)C2CCCOC2)CCCC1. The summed E-state index contributed by atoms with van der Waals surface area (Å²) in [4.78, 5) is 12.1. The monoisotopic (exact) mass is 226 g/mol. The standard InChI is InChI=1S/C12H22N2O2/c13-9-12(5-1-2-6-12)14-11(15)10-4-3-7-16-8-10/h10H,1-9,13H2,(H,14,15). The molecule has 0 aromatic rings. The lowest BCUT2D eigenvalue weighted by atomic mass is 9.94. The highest BCUT2D eigenvalue weighted by atomic mass is 16.5. The van der Waals surface area contributed by atoms with Gasteiger partial charge >= 0.3 is 0 Å². The van der Waals surface area contributed by atoms with Crippen LogP contribution in [0.2, 0.25) is 0 Å². The quantitative estimate of drug-likeness (QED) is 0.748. The Morgan fingerprint density at radius 3 is 2.69 bits per heavy atom. The predicted octanol–water partition coefficient (Wildman–Crippen LogP) is 0.801. The Labute approximate surface area is 96.9 Å². The molecule has 3 N–H and O–H groups in total. The Bertz CT molecular complexity index is 243. The first kappa shape index (κ1) is 11.9. The summed E-state index contributed by atoms with van der Waals surface area (Å²) < 4.78 is 5.34. The van der Waals surface area contributed by atoms with Crippen LogP contribution in [-0.2, 0) is 9.53 Å². The number of rotatable bonds is 3. The fourth-order valence-corrected chi connectivity index (χ4v) is 2.74. The van der Waals surface area contributed by atoms with Gasteiger partial charge in [-0.05, 0) is 25.7 Å². The summed E-state index contributed by atoms with van der Waals surface area (Å²) in [6, 6.07) is 0. The van der Waals surface area contributed by atoms with Gasteiger partial charge in [0, 0.05) is 13.2 Å². The molecule has 16 heavy (non-hydrogen) atoms. The number of carbonyl (C=O) groups is 1. The van der Waals surface area contributed by atoms with Crippen molar-refractivity contribution < 1.29 is 9.53 Å². The van der Waals surface area contributed by atoms with Crippen molar-refractivity contribution in [1.82, 2.24) is 5.32 Å². The molecule has 1 amide bonds. The second kappa shape index (κ2) is 5.15. The highest BCUT2D eigenvalue weighted by Crippen LogP contribution is 2.29. The lowest BCUT2D eigenvalue weighted by Gasteiger charge is -2.31. The van der Waals surface area contributed by atoms with E-state index in [1.165, 1.54) is 12.8 Å². The number of amides is 1. The van der Waals surface area contributed by atoms with Crippen LogP contribution in [0.3, 0.4) is 0 Å². The molecule has 4 heteroatoms. The smallest absolute Gasteiger partial charge is 0.225 e. The maximum atomic E-state index is 12.1. The van der Waals surface area contributed by atoms with Crippen LogP contribution in [0.1, 0.15) is 38.5 Å². The lowest BCUT2D eigenvalue weighted by Crippen LogP contribution is -2.54. The average Bonchev–Trinajstić information content (AvgIpc) is 2.79. The Morgan fingerprint density at radius 1 is 1.38 bits per heavy atom. The van der Waals surface area contributed by atoms with Crippen molar-refractivity contribution in [3.63, 3.8) is 0 Å². The lowest BCUT2D eigenvalue weighted by molar-refractivity contribution is -0.130. The van der Waals surface area contributed by atoms with Crippen LogP contribution in [0, 0.1) is 5.92 Å². The summed E-state index contributed by atoms with van der Waals surface area (Å²) >= 11 is 0. The molecule has 0 aromatic carbocycles. The van der Waals surface area contributed by atoms with Crippen LogP contribution in [0.15, 0.2) is 0 Å². The molecule has 92 valence electrons. The maximum Gasteiger partial charge on any atom is 0.225 e. The van der Waals surface area contributed by atoms with Gasteiger partial charge in [0.1, 0.15) is 0 Å². The molecule has 2 aliphatic rings. The highest BCUT2D eigenvalue weighted by Gasteiger charge is 2.35. The maximum absolute atomic E-state index is 12.1. The molecule has 1 saturated carbocycles. The number of nitrogens with two attached hydrogens (primary N) is 1. The van der Waals surface area contributed by atoms with Crippen LogP contribution in [-0.4, -0.2) is 31.2 Å². The van der Waals surface area contributed by atoms with Gasteiger partial charge < -0.3 is 15.8 Å². The normalized spacial score (nSPS) is 28.9. The summed E-state index contributed by atoms with van der Waals surface area (Å²) in [7, 11) is 0. The van der Waals surface area contributed by atoms with E-state index in [1.54, 1.807) is 0 Å². The Morgan fingerprint density at radius 2 is 2.12 bits per heavy atom. The van der Waals surface area contributed by atoms with Crippen molar-refractivity contribution in [2.45, 2.75) is 44.1 Å². The molecular weight excluding hydrogens is 204 g/mol. The summed E-state index contributed by atoms with van der Waals surface area (Å²) in [6.07, 6.45) is 6.36. The number of ether oxygens (including phenoxy) is 1. The first-order valence-corrected chi connectivity index (χ1v) is 6.36. The third-order valence-corrected chi connectivity index (χ3v) is 3.87. The molecule has 1 unspecified atom stereocenters. The van der Waals surface area contributed by atoms with E-state index in [9.17, 15) is 4.79 Å². The number of carbonyl (C=O) groups excluding carboxylic acids is 1. The van der Waals surface area contributed by atoms with E-state index in [0.717, 1.165) is 32.3 Å². The van der Waals surface area contributed by atoms with Crippen LogP contribution in [0.5, 0.6) is 0 Å². The van der Waals surface area contributed by atoms with Gasteiger partial charge in [-0.3, -0.25) is 4.79 Å². The van der Waals surface area contributed by atoms with Crippen LogP contribution in [0.4, 0.5) is 0 Å². The van der Waals surface area contributed by atoms with Gasteiger partial charge in [0.25, 0.3) is 0 Å². The summed E-state index contributed by atoms with van der Waals surface area (Å²) in [6.45, 7) is 1.94. The molecule has 4 nitrogen and oxygen atoms in total. The molecule has 1 heterocycles. The van der Waals surface area contributed by atoms with E-state index >= 15 is 0 Å². The predicted molar refractivity (Wildman–Crippen MR) is 61.9 cm³/mol. The molecule has 0 bridgehead atoms. The van der Waals surface area contributed by atoms with Crippen molar-refractivity contribution >= 4 is 5.91 Å². The van der Waals surface area contributed by atoms with Crippen molar-refractivity contribution in [3.05, 3.63) is 0 Å². The van der Waals surface area contributed by atoms with E-state index in [1.807, 2.05) is 0 Å². The summed E-state index contributed by atoms with van der Waals surface area (Å²) in [5.41, 5.74) is 5.68. The van der Waals surface area contributed by atoms with Gasteiger partial charge in [0.15, 0.2) is 0 Å². The van der Waals surface area contributed by atoms with Gasteiger partial charge in [-0.25, -0.2) is 0 Å². The second-order valence-corrected chi connectivity index (χ2v) is 5.09. The average molecular weight is 226 g/mol. The molecule has 0 spiro atoms. The summed E-state index contributed by atoms with van der Waals surface area (Å²) in [5.74, 6) is 0.185. The zero-order valence-electron chi connectivity index (χ0n) is 9.84. The fraction of sp³-hybridized carbons (Fsp3) is 0.917. The number of nitrogens with one attached hydrogen (secondary N) is 1. The first-order chi connectivity index (χ1) is 7.76. The second-order valence-electron chi connectivity index (χ2n) is 5.09. The topological polar surface area (TPSA) is 64.3 Å². The van der Waals surface area contributed by atoms with Gasteiger partial charge in [0.05, 0.1) is 18.1 Å². The van der Waals surface area contributed by atoms with E-state index in [2.05, 4.69) is 5.32 Å². The first-order valence-electron chi connectivity index (χ1n) is 6.36. The summed E-state index contributed by atoms with van der Waals surface area (Å²) in [5, 5.41) is 3.17. The van der Waals surface area contributed by atoms with Crippen molar-refractivity contribution in [2.24, 2.45) is 11.7 Å². The number of hydrogen-bond donors (Lipinski definition) is 2. The largest absolute Gasteiger partial charge is 0.381 e. The van der Waals surface area contributed by atoms with E-state index < -0.39 is 0 Å². The Hall–Kier alpha value is -0.610. The van der Waals surface area contributed by atoms with Crippen molar-refractivity contribution in [2.75, 3.05) is 19.8 Å². The van der Waals surface area contributed by atoms with Gasteiger partial charge in [-0.1, -0.05) is 12.8 Å². The minimum absolute atomic E-state index is 0.0396. The third kappa shape index (κ3) is 2.55. The molecule has 0 aromatic heterocycles. The third-order valence-electron chi connectivity index (χ3n) is 3.87. The molecule has 0 radical (unpaired) electrons. The Balaban J connectivity index is 1.89. The minimum atomic E-state index is -0.117. The zero-order valence-corrected chi connectivity index (χ0v) is 9.84. The highest BCUT2D eigenvalue weighted by molar-refractivity contribution is 5.79. The number of hydrogen-bond acceptors (Lipinski definition) is 3. The van der Waals surface area contributed by atoms with Gasteiger partial charge in [-0.2, -0.15) is 0 Å². The van der Waals surface area contributed by atoms with E-state index in [4.69, 9.17) is 10.5 Å². The van der Waals surface area contributed by atoms with Crippen molar-refractivity contribution in [3.8, 4) is 0 Å². The molecular formula is C12H22N2O2. The van der Waals surface area contributed by atoms with Crippen molar-refractivity contribution in [1.29, 1.82) is 0 Å². The Kier molecular flexibility index (Phi) is 3.82.